The summed E-state index contributed by atoms with van der Waals surface area (Å²) in [4.78, 5) is 13.1. The van der Waals surface area contributed by atoms with E-state index in [0.717, 1.165) is 17.7 Å². The van der Waals surface area contributed by atoms with Crippen LogP contribution >= 0.6 is 0 Å². The standard InChI is InChI=1S/C27H55NO8/c1-3-4-5-6-7-8-9-10-11-12-13-14-15-17-21(30)18-16-19-23(32)28(2)27(36)26(35)25(34)24(33)22(31)20-29/h21-22,24-27,29-31,33-36H,3-20H2,1-2H3/t21?,22-,24-,25+,26-,27?/m1/s1. The van der Waals surface area contributed by atoms with Crippen molar-refractivity contribution in [3.8, 4) is 0 Å². The summed E-state index contributed by atoms with van der Waals surface area (Å²) in [5.74, 6) is -0.487. The van der Waals surface area contributed by atoms with E-state index in [4.69, 9.17) is 5.11 Å². The molecule has 0 bridgehead atoms. The Hall–Kier alpha value is -0.810. The lowest BCUT2D eigenvalue weighted by Crippen LogP contribution is -2.55. The van der Waals surface area contributed by atoms with Gasteiger partial charge in [-0.15, -0.1) is 0 Å². The maximum absolute atomic E-state index is 12.3. The van der Waals surface area contributed by atoms with Crippen LogP contribution in [-0.4, -0.2) is 97.0 Å². The Morgan fingerprint density at radius 2 is 1.08 bits per heavy atom. The summed E-state index contributed by atoms with van der Waals surface area (Å²) in [6, 6.07) is 0. The van der Waals surface area contributed by atoms with Crippen LogP contribution in [0.4, 0.5) is 0 Å². The highest BCUT2D eigenvalue weighted by Crippen LogP contribution is 2.16. The predicted molar refractivity (Wildman–Crippen MR) is 140 cm³/mol. The van der Waals surface area contributed by atoms with Gasteiger partial charge in [-0.2, -0.15) is 0 Å². The molecule has 0 rings (SSSR count). The van der Waals surface area contributed by atoms with E-state index in [9.17, 15) is 35.4 Å². The molecule has 1 amide bonds. The number of hydrogen-bond donors (Lipinski definition) is 7. The van der Waals surface area contributed by atoms with E-state index in [2.05, 4.69) is 6.92 Å². The van der Waals surface area contributed by atoms with Crippen molar-refractivity contribution < 1.29 is 40.5 Å². The molecule has 7 N–H and O–H groups in total. The molecule has 0 aromatic heterocycles. The zero-order valence-corrected chi connectivity index (χ0v) is 22.7. The average Bonchev–Trinajstić information content (AvgIpc) is 2.88. The summed E-state index contributed by atoms with van der Waals surface area (Å²) >= 11 is 0. The molecule has 0 aliphatic rings. The molecule has 0 aromatic carbocycles. The van der Waals surface area contributed by atoms with Gasteiger partial charge >= 0.3 is 0 Å². The summed E-state index contributed by atoms with van der Waals surface area (Å²) in [5, 5.41) is 68.0. The first-order chi connectivity index (χ1) is 17.2. The van der Waals surface area contributed by atoms with Crippen molar-refractivity contribution in [3.05, 3.63) is 0 Å². The van der Waals surface area contributed by atoms with Gasteiger partial charge in [0.25, 0.3) is 0 Å². The normalized spacial score (nSPS) is 16.8. The quantitative estimate of drug-likeness (QED) is 0.0751. The number of nitrogens with zero attached hydrogens (tertiary/aromatic N) is 1. The Kier molecular flexibility index (Phi) is 21.7. The number of rotatable bonds is 24. The molecule has 0 aliphatic heterocycles. The van der Waals surface area contributed by atoms with E-state index in [1.807, 2.05) is 0 Å². The number of hydrogen-bond acceptors (Lipinski definition) is 8. The number of aliphatic hydroxyl groups excluding tert-OH is 7. The van der Waals surface area contributed by atoms with Gasteiger partial charge in [0.15, 0.2) is 6.23 Å². The molecule has 0 aliphatic carbocycles. The van der Waals surface area contributed by atoms with Crippen LogP contribution in [0.3, 0.4) is 0 Å². The molecule has 0 radical (unpaired) electrons. The lowest BCUT2D eigenvalue weighted by molar-refractivity contribution is -0.175. The first-order valence-electron chi connectivity index (χ1n) is 14.1. The zero-order valence-electron chi connectivity index (χ0n) is 22.7. The third-order valence-electron chi connectivity index (χ3n) is 6.95. The van der Waals surface area contributed by atoms with Crippen LogP contribution in [0.25, 0.3) is 0 Å². The predicted octanol–water partition coefficient (Wildman–Crippen LogP) is 2.21. The van der Waals surface area contributed by atoms with Crippen molar-refractivity contribution in [1.82, 2.24) is 4.90 Å². The van der Waals surface area contributed by atoms with Crippen LogP contribution in [0.5, 0.6) is 0 Å². The average molecular weight is 522 g/mol. The minimum Gasteiger partial charge on any atom is -0.394 e. The molecule has 2 unspecified atom stereocenters. The van der Waals surface area contributed by atoms with Gasteiger partial charge in [0.1, 0.15) is 24.4 Å². The molecule has 0 spiro atoms. The van der Waals surface area contributed by atoms with E-state index < -0.39 is 49.3 Å². The molecular formula is C27H55NO8. The Morgan fingerprint density at radius 1 is 0.639 bits per heavy atom. The summed E-state index contributed by atoms with van der Waals surface area (Å²) in [7, 11) is 1.25. The molecule has 9 heteroatoms. The second kappa shape index (κ2) is 22.2. The molecule has 9 nitrogen and oxygen atoms in total. The van der Waals surface area contributed by atoms with Gasteiger partial charge < -0.3 is 40.6 Å². The van der Waals surface area contributed by atoms with Gasteiger partial charge in [-0.1, -0.05) is 90.4 Å². The van der Waals surface area contributed by atoms with Gasteiger partial charge in [0.05, 0.1) is 12.7 Å². The highest BCUT2D eigenvalue weighted by molar-refractivity contribution is 5.76. The summed E-state index contributed by atoms with van der Waals surface area (Å²) in [5.41, 5.74) is 0. The topological polar surface area (TPSA) is 162 Å². The van der Waals surface area contributed by atoms with Crippen molar-refractivity contribution >= 4 is 5.91 Å². The fraction of sp³-hybridized carbons (Fsp3) is 0.963. The number of likely N-dealkylation sites (N-methyl/N-ethyl adjacent to an activating group) is 1. The molecule has 36 heavy (non-hydrogen) atoms. The van der Waals surface area contributed by atoms with Gasteiger partial charge in [0.2, 0.25) is 5.91 Å². The second-order valence-corrected chi connectivity index (χ2v) is 10.2. The molecule has 0 aromatic rings. The second-order valence-electron chi connectivity index (χ2n) is 10.2. The van der Waals surface area contributed by atoms with E-state index in [0.29, 0.717) is 19.3 Å². The Bertz CT molecular complexity index is 524. The number of aliphatic hydroxyl groups is 7. The largest absolute Gasteiger partial charge is 0.394 e. The summed E-state index contributed by atoms with van der Waals surface area (Å²) < 4.78 is 0. The highest BCUT2D eigenvalue weighted by atomic mass is 16.4. The van der Waals surface area contributed by atoms with Crippen LogP contribution in [0.1, 0.15) is 116 Å². The first-order valence-corrected chi connectivity index (χ1v) is 14.1. The maximum Gasteiger partial charge on any atom is 0.224 e. The first kappa shape index (κ1) is 35.2. The van der Waals surface area contributed by atoms with Crippen molar-refractivity contribution in [2.45, 2.75) is 153 Å². The molecule has 0 saturated heterocycles. The number of unbranched alkanes of at least 4 members (excludes halogenated alkanes) is 12. The van der Waals surface area contributed by atoms with Crippen LogP contribution in [0.2, 0.25) is 0 Å². The van der Waals surface area contributed by atoms with Crippen molar-refractivity contribution in [2.75, 3.05) is 13.7 Å². The fourth-order valence-corrected chi connectivity index (χ4v) is 4.30. The van der Waals surface area contributed by atoms with Gasteiger partial charge in [0, 0.05) is 13.5 Å². The monoisotopic (exact) mass is 521 g/mol. The summed E-state index contributed by atoms with van der Waals surface area (Å²) in [6.07, 6.45) is 8.40. The van der Waals surface area contributed by atoms with Crippen LogP contribution < -0.4 is 0 Å². The lowest BCUT2D eigenvalue weighted by Gasteiger charge is -2.33. The van der Waals surface area contributed by atoms with Crippen molar-refractivity contribution in [1.29, 1.82) is 0 Å². The third-order valence-corrected chi connectivity index (χ3v) is 6.95. The smallest absolute Gasteiger partial charge is 0.224 e. The van der Waals surface area contributed by atoms with Gasteiger partial charge in [-0.05, 0) is 19.3 Å². The SMILES string of the molecule is CCCCCCCCCCCCCCCC(O)CCCC(=O)N(C)C(O)[C@H](O)[C@@H](O)[C@H](O)[C@H](O)CO. The van der Waals surface area contributed by atoms with Crippen molar-refractivity contribution in [3.63, 3.8) is 0 Å². The third kappa shape index (κ3) is 16.1. The molecule has 216 valence electrons. The van der Waals surface area contributed by atoms with Crippen LogP contribution in [-0.2, 0) is 4.79 Å². The number of carbonyl (C=O) groups is 1. The van der Waals surface area contributed by atoms with E-state index in [-0.39, 0.29) is 6.42 Å². The molecule has 0 heterocycles. The summed E-state index contributed by atoms with van der Waals surface area (Å²) in [6.45, 7) is 1.41. The van der Waals surface area contributed by atoms with Crippen LogP contribution in [0.15, 0.2) is 0 Å². The molecule has 6 atom stereocenters. The minimum atomic E-state index is -1.96. The lowest BCUT2D eigenvalue weighted by atomic mass is 10.0. The maximum atomic E-state index is 12.3. The van der Waals surface area contributed by atoms with Crippen molar-refractivity contribution in [2.24, 2.45) is 0 Å². The molecule has 0 saturated carbocycles. The Labute approximate surface area is 218 Å². The Balaban J connectivity index is 3.85. The van der Waals surface area contributed by atoms with E-state index in [1.165, 1.54) is 77.7 Å². The minimum absolute atomic E-state index is 0.0495. The van der Waals surface area contributed by atoms with Gasteiger partial charge in [-0.3, -0.25) is 4.79 Å². The van der Waals surface area contributed by atoms with Gasteiger partial charge in [-0.25, -0.2) is 0 Å². The van der Waals surface area contributed by atoms with E-state index >= 15 is 0 Å². The molecule has 0 fully saturated rings. The van der Waals surface area contributed by atoms with Crippen LogP contribution in [0, 0.1) is 0 Å². The Morgan fingerprint density at radius 3 is 1.56 bits per heavy atom. The molecular weight excluding hydrogens is 466 g/mol. The number of carbonyl (C=O) groups excluding carboxylic acids is 1. The van der Waals surface area contributed by atoms with E-state index in [1.54, 1.807) is 0 Å². The number of amides is 1. The zero-order chi connectivity index (χ0) is 27.3. The highest BCUT2D eigenvalue weighted by Gasteiger charge is 2.36. The fourth-order valence-electron chi connectivity index (χ4n) is 4.30.